The van der Waals surface area contributed by atoms with Gasteiger partial charge in [-0.25, -0.2) is 0 Å². The lowest BCUT2D eigenvalue weighted by atomic mass is 9.98. The van der Waals surface area contributed by atoms with Gasteiger partial charge in [-0.1, -0.05) is 23.8 Å². The minimum Gasteiger partial charge on any atom is -0.318 e. The Kier molecular flexibility index (Phi) is 4.53. The van der Waals surface area contributed by atoms with Crippen molar-refractivity contribution >= 4 is 17.9 Å². The Labute approximate surface area is 125 Å². The third-order valence-electron chi connectivity index (χ3n) is 3.61. The largest absolute Gasteiger partial charge is 0.318 e. The van der Waals surface area contributed by atoms with E-state index in [4.69, 9.17) is 0 Å². The zero-order chi connectivity index (χ0) is 15.4. The van der Waals surface area contributed by atoms with Gasteiger partial charge in [-0.15, -0.1) is 0 Å². The van der Waals surface area contributed by atoms with Crippen LogP contribution in [0.25, 0.3) is 0 Å². The van der Waals surface area contributed by atoms with Crippen molar-refractivity contribution in [2.24, 2.45) is 0 Å². The highest BCUT2D eigenvalue weighted by molar-refractivity contribution is 5.98. The van der Waals surface area contributed by atoms with E-state index in [9.17, 15) is 9.59 Å². The molecule has 0 saturated carbocycles. The third-order valence-corrected chi connectivity index (χ3v) is 3.61. The molecule has 0 aliphatic heterocycles. The van der Waals surface area contributed by atoms with Gasteiger partial charge in [0.15, 0.2) is 5.78 Å². The molecule has 0 radical (unpaired) electrons. The molecule has 108 valence electrons. The van der Waals surface area contributed by atoms with Crippen molar-refractivity contribution in [2.45, 2.75) is 20.3 Å². The molecule has 3 nitrogen and oxygen atoms in total. The van der Waals surface area contributed by atoms with E-state index in [2.05, 4.69) is 6.07 Å². The van der Waals surface area contributed by atoms with Crippen LogP contribution >= 0.6 is 0 Å². The SMILES string of the molecule is Cc1ccc(C)c(CC(=O)c2ccc(N(C)C=O)cc2)c1. The monoisotopic (exact) mass is 281 g/mol. The molecule has 2 aromatic rings. The van der Waals surface area contributed by atoms with E-state index in [-0.39, 0.29) is 5.78 Å². The lowest BCUT2D eigenvalue weighted by Crippen LogP contribution is -2.13. The summed E-state index contributed by atoms with van der Waals surface area (Å²) in [6.07, 6.45) is 1.14. The predicted molar refractivity (Wildman–Crippen MR) is 84.9 cm³/mol. The van der Waals surface area contributed by atoms with Crippen LogP contribution in [-0.4, -0.2) is 19.2 Å². The molecule has 21 heavy (non-hydrogen) atoms. The highest BCUT2D eigenvalue weighted by Gasteiger charge is 2.10. The fourth-order valence-corrected chi connectivity index (χ4v) is 2.21. The predicted octanol–water partition coefficient (Wildman–Crippen LogP) is 3.32. The molecule has 0 unspecified atom stereocenters. The van der Waals surface area contributed by atoms with Crippen molar-refractivity contribution in [3.63, 3.8) is 0 Å². The summed E-state index contributed by atoms with van der Waals surface area (Å²) in [5.41, 5.74) is 4.79. The zero-order valence-corrected chi connectivity index (χ0v) is 12.6. The maximum Gasteiger partial charge on any atom is 0.213 e. The van der Waals surface area contributed by atoms with E-state index in [0.29, 0.717) is 12.0 Å². The summed E-state index contributed by atoms with van der Waals surface area (Å²) < 4.78 is 0. The zero-order valence-electron chi connectivity index (χ0n) is 12.6. The van der Waals surface area contributed by atoms with Gasteiger partial charge in [-0.05, 0) is 49.2 Å². The summed E-state index contributed by atoms with van der Waals surface area (Å²) >= 11 is 0. The van der Waals surface area contributed by atoms with Gasteiger partial charge in [0.2, 0.25) is 6.41 Å². The first kappa shape index (κ1) is 15.0. The van der Waals surface area contributed by atoms with Crippen molar-refractivity contribution in [1.82, 2.24) is 0 Å². The van der Waals surface area contributed by atoms with Gasteiger partial charge in [0.05, 0.1) is 0 Å². The number of hydrogen-bond donors (Lipinski definition) is 0. The summed E-state index contributed by atoms with van der Waals surface area (Å²) in [5.74, 6) is 0.0870. The Morgan fingerprint density at radius 1 is 1.10 bits per heavy atom. The van der Waals surface area contributed by atoms with Gasteiger partial charge in [0, 0.05) is 24.7 Å². The van der Waals surface area contributed by atoms with E-state index < -0.39 is 0 Å². The van der Waals surface area contributed by atoms with Crippen LogP contribution in [0.1, 0.15) is 27.0 Å². The number of anilines is 1. The lowest BCUT2D eigenvalue weighted by Gasteiger charge is -2.11. The van der Waals surface area contributed by atoms with Gasteiger partial charge in [-0.3, -0.25) is 9.59 Å². The number of rotatable bonds is 5. The number of carbonyl (C=O) groups excluding carboxylic acids is 2. The summed E-state index contributed by atoms with van der Waals surface area (Å²) in [7, 11) is 1.68. The first-order valence-corrected chi connectivity index (χ1v) is 6.89. The summed E-state index contributed by atoms with van der Waals surface area (Å²) in [6.45, 7) is 4.04. The van der Waals surface area contributed by atoms with Crippen molar-refractivity contribution in [2.75, 3.05) is 11.9 Å². The lowest BCUT2D eigenvalue weighted by molar-refractivity contribution is -0.107. The van der Waals surface area contributed by atoms with Crippen LogP contribution in [0, 0.1) is 13.8 Å². The van der Waals surface area contributed by atoms with E-state index in [1.54, 1.807) is 31.3 Å². The van der Waals surface area contributed by atoms with E-state index in [0.717, 1.165) is 28.8 Å². The van der Waals surface area contributed by atoms with Crippen molar-refractivity contribution in [3.05, 3.63) is 64.7 Å². The first-order valence-electron chi connectivity index (χ1n) is 6.89. The van der Waals surface area contributed by atoms with Gasteiger partial charge in [-0.2, -0.15) is 0 Å². The summed E-state index contributed by atoms with van der Waals surface area (Å²) in [5, 5.41) is 0. The van der Waals surface area contributed by atoms with Crippen LogP contribution in [-0.2, 0) is 11.2 Å². The molecule has 0 atom stereocenters. The second kappa shape index (κ2) is 6.35. The Morgan fingerprint density at radius 3 is 2.38 bits per heavy atom. The number of ketones is 1. The molecule has 0 saturated heterocycles. The maximum absolute atomic E-state index is 12.3. The van der Waals surface area contributed by atoms with Gasteiger partial charge < -0.3 is 4.90 Å². The third kappa shape index (κ3) is 3.57. The number of Topliss-reactive ketones (excluding diaryl/α,β-unsaturated/α-hetero) is 1. The highest BCUT2D eigenvalue weighted by Crippen LogP contribution is 2.17. The van der Waals surface area contributed by atoms with Crippen LogP contribution in [0.2, 0.25) is 0 Å². The van der Waals surface area contributed by atoms with Crippen molar-refractivity contribution in [1.29, 1.82) is 0 Å². The molecule has 0 spiro atoms. The second-order valence-electron chi connectivity index (χ2n) is 5.29. The fourth-order valence-electron chi connectivity index (χ4n) is 2.21. The molecular weight excluding hydrogens is 262 g/mol. The van der Waals surface area contributed by atoms with Gasteiger partial charge >= 0.3 is 0 Å². The molecule has 0 aliphatic carbocycles. The Balaban J connectivity index is 2.17. The topological polar surface area (TPSA) is 37.4 Å². The average molecular weight is 281 g/mol. The van der Waals surface area contributed by atoms with E-state index >= 15 is 0 Å². The fraction of sp³-hybridized carbons (Fsp3) is 0.222. The van der Waals surface area contributed by atoms with E-state index in [1.165, 1.54) is 4.90 Å². The van der Waals surface area contributed by atoms with Gasteiger partial charge in [0.25, 0.3) is 0 Å². The molecule has 0 aromatic heterocycles. The standard InChI is InChI=1S/C18H19NO2/c1-13-4-5-14(2)16(10-13)11-18(21)15-6-8-17(9-7-15)19(3)12-20/h4-10,12H,11H2,1-3H3. The number of amides is 1. The number of benzene rings is 2. The number of nitrogens with zero attached hydrogens (tertiary/aromatic N) is 1. The summed E-state index contributed by atoms with van der Waals surface area (Å²) in [6, 6.07) is 13.2. The van der Waals surface area contributed by atoms with Crippen LogP contribution in [0.5, 0.6) is 0 Å². The molecule has 2 aromatic carbocycles. The van der Waals surface area contributed by atoms with E-state index in [1.807, 2.05) is 26.0 Å². The Bertz CT molecular complexity index is 659. The number of hydrogen-bond acceptors (Lipinski definition) is 2. The van der Waals surface area contributed by atoms with Crippen LogP contribution in [0.15, 0.2) is 42.5 Å². The molecule has 3 heteroatoms. The molecule has 2 rings (SSSR count). The smallest absolute Gasteiger partial charge is 0.213 e. The van der Waals surface area contributed by atoms with Crippen LogP contribution < -0.4 is 4.90 Å². The average Bonchev–Trinajstić information content (AvgIpc) is 2.50. The second-order valence-corrected chi connectivity index (χ2v) is 5.29. The van der Waals surface area contributed by atoms with Gasteiger partial charge in [0.1, 0.15) is 0 Å². The van der Waals surface area contributed by atoms with Crippen LogP contribution in [0.3, 0.4) is 0 Å². The minimum atomic E-state index is 0.0870. The molecule has 0 bridgehead atoms. The van der Waals surface area contributed by atoms with Crippen LogP contribution in [0.4, 0.5) is 5.69 Å². The summed E-state index contributed by atoms with van der Waals surface area (Å²) in [4.78, 5) is 24.5. The van der Waals surface area contributed by atoms with Crippen molar-refractivity contribution in [3.8, 4) is 0 Å². The molecule has 0 fully saturated rings. The molecule has 0 heterocycles. The normalized spacial score (nSPS) is 10.2. The first-order chi connectivity index (χ1) is 10.0. The Morgan fingerprint density at radius 2 is 1.76 bits per heavy atom. The minimum absolute atomic E-state index is 0.0870. The molecule has 0 aliphatic rings. The molecular formula is C18H19NO2. The molecule has 0 N–H and O–H groups in total. The quantitative estimate of drug-likeness (QED) is 0.623. The maximum atomic E-state index is 12.3. The van der Waals surface area contributed by atoms with Crippen molar-refractivity contribution < 1.29 is 9.59 Å². The number of aryl methyl sites for hydroxylation is 2. The number of carbonyl (C=O) groups is 2. The molecule has 1 amide bonds. The Hall–Kier alpha value is -2.42. The highest BCUT2D eigenvalue weighted by atomic mass is 16.1.